The van der Waals surface area contributed by atoms with Crippen LogP contribution in [-0.4, -0.2) is 54.0 Å². The molecule has 1 amide bonds. The van der Waals surface area contributed by atoms with Gasteiger partial charge < -0.3 is 9.64 Å². The standard InChI is InChI=1S/C20H27N3O2/c1-2-22-13-3-5-18(22)19-6-4-14-23(19)20(24)15-25-17-9-7-16(8-10-17)11-12-21/h7-10,18-19H,2-6,11,13-15H2,1H3/t18-,19-/m1/s1. The molecule has 134 valence electrons. The third-order valence-corrected chi connectivity index (χ3v) is 5.45. The number of carbonyl (C=O) groups is 1. The second kappa shape index (κ2) is 8.35. The van der Waals surface area contributed by atoms with Crippen LogP contribution in [0.1, 0.15) is 38.2 Å². The van der Waals surface area contributed by atoms with Crippen molar-refractivity contribution in [2.24, 2.45) is 0 Å². The van der Waals surface area contributed by atoms with Crippen LogP contribution in [0.4, 0.5) is 0 Å². The monoisotopic (exact) mass is 341 g/mol. The number of hydrogen-bond donors (Lipinski definition) is 0. The lowest BCUT2D eigenvalue weighted by Crippen LogP contribution is -2.49. The van der Waals surface area contributed by atoms with Gasteiger partial charge in [-0.25, -0.2) is 0 Å². The van der Waals surface area contributed by atoms with Gasteiger partial charge in [0, 0.05) is 18.6 Å². The molecule has 2 aliphatic heterocycles. The van der Waals surface area contributed by atoms with Crippen LogP contribution < -0.4 is 4.74 Å². The van der Waals surface area contributed by atoms with Crippen molar-refractivity contribution < 1.29 is 9.53 Å². The number of nitriles is 1. The SMILES string of the molecule is CCN1CCC[C@@H]1[C@H]1CCCN1C(=O)COc1ccc(CC#N)cc1. The Labute approximate surface area is 150 Å². The van der Waals surface area contributed by atoms with Crippen molar-refractivity contribution in [3.8, 4) is 11.8 Å². The predicted molar refractivity (Wildman–Crippen MR) is 96.3 cm³/mol. The third kappa shape index (κ3) is 4.13. The summed E-state index contributed by atoms with van der Waals surface area (Å²) in [7, 11) is 0. The van der Waals surface area contributed by atoms with Gasteiger partial charge in [-0.3, -0.25) is 9.69 Å². The van der Waals surface area contributed by atoms with E-state index >= 15 is 0 Å². The molecule has 0 aliphatic carbocycles. The van der Waals surface area contributed by atoms with Crippen molar-refractivity contribution >= 4 is 5.91 Å². The summed E-state index contributed by atoms with van der Waals surface area (Å²) >= 11 is 0. The van der Waals surface area contributed by atoms with E-state index in [4.69, 9.17) is 10.00 Å². The minimum absolute atomic E-state index is 0.0894. The molecule has 0 N–H and O–H groups in total. The number of benzene rings is 1. The van der Waals surface area contributed by atoms with E-state index in [1.54, 1.807) is 0 Å². The predicted octanol–water partition coefficient (Wildman–Crippen LogP) is 2.61. The molecule has 0 spiro atoms. The van der Waals surface area contributed by atoms with Gasteiger partial charge >= 0.3 is 0 Å². The zero-order valence-corrected chi connectivity index (χ0v) is 15.0. The van der Waals surface area contributed by atoms with Crippen LogP contribution in [-0.2, 0) is 11.2 Å². The molecule has 2 aliphatic rings. The van der Waals surface area contributed by atoms with Crippen molar-refractivity contribution in [3.05, 3.63) is 29.8 Å². The third-order valence-electron chi connectivity index (χ3n) is 5.45. The van der Waals surface area contributed by atoms with Crippen molar-refractivity contribution in [3.63, 3.8) is 0 Å². The highest BCUT2D eigenvalue weighted by Gasteiger charge is 2.39. The first-order chi connectivity index (χ1) is 12.2. The highest BCUT2D eigenvalue weighted by atomic mass is 16.5. The Morgan fingerprint density at radius 1 is 1.20 bits per heavy atom. The van der Waals surface area contributed by atoms with Crippen molar-refractivity contribution in [1.29, 1.82) is 5.26 Å². The molecule has 0 unspecified atom stereocenters. The van der Waals surface area contributed by atoms with E-state index in [1.807, 2.05) is 29.2 Å². The van der Waals surface area contributed by atoms with Crippen LogP contribution in [0.5, 0.6) is 5.75 Å². The Hall–Kier alpha value is -2.06. The van der Waals surface area contributed by atoms with Crippen LogP contribution >= 0.6 is 0 Å². The van der Waals surface area contributed by atoms with E-state index in [0.29, 0.717) is 24.3 Å². The van der Waals surface area contributed by atoms with Crippen molar-refractivity contribution in [1.82, 2.24) is 9.80 Å². The minimum Gasteiger partial charge on any atom is -0.484 e. The molecule has 2 atom stereocenters. The smallest absolute Gasteiger partial charge is 0.260 e. The molecule has 2 saturated heterocycles. The molecule has 2 heterocycles. The van der Waals surface area contributed by atoms with Gasteiger partial charge in [0.05, 0.1) is 12.5 Å². The second-order valence-electron chi connectivity index (χ2n) is 6.90. The van der Waals surface area contributed by atoms with Crippen LogP contribution in [0.3, 0.4) is 0 Å². The van der Waals surface area contributed by atoms with E-state index in [9.17, 15) is 4.79 Å². The van der Waals surface area contributed by atoms with Crippen LogP contribution in [0.15, 0.2) is 24.3 Å². The molecule has 0 saturated carbocycles. The molecule has 3 rings (SSSR count). The molecular formula is C20H27N3O2. The van der Waals surface area contributed by atoms with Crippen LogP contribution in [0.25, 0.3) is 0 Å². The number of carbonyl (C=O) groups excluding carboxylic acids is 1. The molecule has 0 aromatic heterocycles. The van der Waals surface area contributed by atoms with Gasteiger partial charge in [-0.1, -0.05) is 19.1 Å². The summed E-state index contributed by atoms with van der Waals surface area (Å²) in [5.41, 5.74) is 0.960. The average Bonchev–Trinajstić information content (AvgIpc) is 3.29. The van der Waals surface area contributed by atoms with E-state index in [-0.39, 0.29) is 12.5 Å². The number of ether oxygens (including phenoxy) is 1. The maximum absolute atomic E-state index is 12.7. The van der Waals surface area contributed by atoms with Gasteiger partial charge in [0.2, 0.25) is 0 Å². The maximum Gasteiger partial charge on any atom is 0.260 e. The normalized spacial score (nSPS) is 23.6. The fourth-order valence-corrected chi connectivity index (χ4v) is 4.21. The molecule has 25 heavy (non-hydrogen) atoms. The Morgan fingerprint density at radius 2 is 1.92 bits per heavy atom. The van der Waals surface area contributed by atoms with Gasteiger partial charge in [-0.15, -0.1) is 0 Å². The van der Waals surface area contributed by atoms with Gasteiger partial charge in [0.1, 0.15) is 5.75 Å². The number of amides is 1. The largest absolute Gasteiger partial charge is 0.484 e. The molecule has 5 nitrogen and oxygen atoms in total. The van der Waals surface area contributed by atoms with E-state index in [2.05, 4.69) is 17.9 Å². The Kier molecular flexibility index (Phi) is 5.93. The number of nitrogens with zero attached hydrogens (tertiary/aromatic N) is 3. The van der Waals surface area contributed by atoms with Crippen molar-refractivity contribution in [2.45, 2.75) is 51.1 Å². The Morgan fingerprint density at radius 3 is 2.64 bits per heavy atom. The van der Waals surface area contributed by atoms with Gasteiger partial charge in [-0.2, -0.15) is 5.26 Å². The summed E-state index contributed by atoms with van der Waals surface area (Å²) in [6.07, 6.45) is 5.03. The van der Waals surface area contributed by atoms with E-state index < -0.39 is 0 Å². The lowest BCUT2D eigenvalue weighted by atomic mass is 10.0. The molecule has 1 aromatic rings. The zero-order chi connectivity index (χ0) is 17.6. The highest BCUT2D eigenvalue weighted by Crippen LogP contribution is 2.30. The first-order valence-corrected chi connectivity index (χ1v) is 9.35. The molecule has 2 fully saturated rings. The fraction of sp³-hybridized carbons (Fsp3) is 0.600. The van der Waals surface area contributed by atoms with Gasteiger partial charge in [0.15, 0.2) is 6.61 Å². The average molecular weight is 341 g/mol. The molecule has 0 radical (unpaired) electrons. The molecular weight excluding hydrogens is 314 g/mol. The molecule has 0 bridgehead atoms. The van der Waals surface area contributed by atoms with Crippen molar-refractivity contribution in [2.75, 3.05) is 26.2 Å². The Bertz CT molecular complexity index is 623. The summed E-state index contributed by atoms with van der Waals surface area (Å²) in [6, 6.07) is 10.4. The summed E-state index contributed by atoms with van der Waals surface area (Å²) < 4.78 is 5.69. The van der Waals surface area contributed by atoms with Gasteiger partial charge in [-0.05, 0) is 56.5 Å². The van der Waals surface area contributed by atoms with Gasteiger partial charge in [0.25, 0.3) is 5.91 Å². The first-order valence-electron chi connectivity index (χ1n) is 9.35. The highest BCUT2D eigenvalue weighted by molar-refractivity contribution is 5.78. The summed E-state index contributed by atoms with van der Waals surface area (Å²) in [5, 5.41) is 8.70. The lowest BCUT2D eigenvalue weighted by molar-refractivity contribution is -0.135. The Balaban J connectivity index is 1.56. The number of likely N-dealkylation sites (N-methyl/N-ethyl adjacent to an activating group) is 1. The second-order valence-corrected chi connectivity index (χ2v) is 6.90. The maximum atomic E-state index is 12.7. The number of rotatable bonds is 6. The molecule has 5 heteroatoms. The first kappa shape index (κ1) is 17.8. The van der Waals surface area contributed by atoms with E-state index in [0.717, 1.165) is 38.0 Å². The van der Waals surface area contributed by atoms with E-state index in [1.165, 1.54) is 12.8 Å². The number of hydrogen-bond acceptors (Lipinski definition) is 4. The minimum atomic E-state index is 0.0894. The topological polar surface area (TPSA) is 56.6 Å². The molecule has 1 aromatic carbocycles. The number of likely N-dealkylation sites (tertiary alicyclic amines) is 2. The summed E-state index contributed by atoms with van der Waals surface area (Å²) in [5.74, 6) is 0.772. The fourth-order valence-electron chi connectivity index (χ4n) is 4.21. The van der Waals surface area contributed by atoms with Crippen LogP contribution in [0.2, 0.25) is 0 Å². The summed E-state index contributed by atoms with van der Waals surface area (Å²) in [6.45, 7) is 5.37. The zero-order valence-electron chi connectivity index (χ0n) is 15.0. The lowest BCUT2D eigenvalue weighted by Gasteiger charge is -2.34. The van der Waals surface area contributed by atoms with Crippen LogP contribution in [0, 0.1) is 11.3 Å². The quantitative estimate of drug-likeness (QED) is 0.798. The summed E-state index contributed by atoms with van der Waals surface area (Å²) in [4.78, 5) is 17.3.